The smallest absolute Gasteiger partial charge is 0.230 e. The first-order valence-corrected chi connectivity index (χ1v) is 9.45. The molecular formula is C15H17N5OS2. The molecule has 0 aromatic carbocycles. The number of aryl methyl sites for hydroxylation is 1. The predicted molar refractivity (Wildman–Crippen MR) is 92.1 cm³/mol. The molecule has 3 aromatic heterocycles. The summed E-state index contributed by atoms with van der Waals surface area (Å²) in [5, 5.41) is 13.1. The minimum Gasteiger partial charge on any atom is -0.358 e. The van der Waals surface area contributed by atoms with Crippen molar-refractivity contribution in [3.63, 3.8) is 0 Å². The molecule has 1 N–H and O–H groups in total. The Kier molecular flexibility index (Phi) is 3.73. The number of carbonyl (C=O) groups excluding carboxylic acids is 1. The Bertz CT molecular complexity index is 900. The number of nitrogens with one attached hydrogen (secondary N) is 1. The predicted octanol–water partition coefficient (Wildman–Crippen LogP) is 2.30. The quantitative estimate of drug-likeness (QED) is 0.736. The third-order valence-electron chi connectivity index (χ3n) is 4.28. The molecule has 0 bridgehead atoms. The molecule has 0 saturated heterocycles. The maximum absolute atomic E-state index is 11.4. The number of carbonyl (C=O) groups is 1. The highest BCUT2D eigenvalue weighted by atomic mass is 32.2. The molecule has 3 aromatic rings. The molecule has 4 rings (SSSR count). The molecule has 0 radical (unpaired) electrons. The molecule has 0 spiro atoms. The second kappa shape index (κ2) is 5.76. The largest absolute Gasteiger partial charge is 0.358 e. The number of aromatic nitrogens is 4. The van der Waals surface area contributed by atoms with Crippen LogP contribution in [0.5, 0.6) is 0 Å². The zero-order valence-corrected chi connectivity index (χ0v) is 14.6. The summed E-state index contributed by atoms with van der Waals surface area (Å²) in [6.45, 7) is 2.31. The van der Waals surface area contributed by atoms with E-state index in [1.54, 1.807) is 24.7 Å². The minimum absolute atomic E-state index is 0.0253. The number of fused-ring (bicyclic) bond motifs is 5. The van der Waals surface area contributed by atoms with Crippen LogP contribution in [0.3, 0.4) is 0 Å². The molecule has 8 heteroatoms. The molecule has 0 fully saturated rings. The van der Waals surface area contributed by atoms with Gasteiger partial charge in [-0.1, -0.05) is 18.7 Å². The first-order valence-electron chi connectivity index (χ1n) is 7.64. The number of hydrogen-bond donors (Lipinski definition) is 1. The van der Waals surface area contributed by atoms with Gasteiger partial charge in [0.15, 0.2) is 10.8 Å². The van der Waals surface area contributed by atoms with Crippen LogP contribution in [-0.4, -0.2) is 38.3 Å². The van der Waals surface area contributed by atoms with Crippen molar-refractivity contribution in [2.75, 3.05) is 12.8 Å². The van der Waals surface area contributed by atoms with Crippen molar-refractivity contribution in [2.45, 2.75) is 31.3 Å². The molecule has 0 unspecified atom stereocenters. The van der Waals surface area contributed by atoms with Crippen LogP contribution in [0.1, 0.15) is 23.8 Å². The van der Waals surface area contributed by atoms with E-state index in [-0.39, 0.29) is 5.91 Å². The van der Waals surface area contributed by atoms with E-state index >= 15 is 0 Å². The summed E-state index contributed by atoms with van der Waals surface area (Å²) in [5.41, 5.74) is 2.26. The van der Waals surface area contributed by atoms with Gasteiger partial charge in [0.1, 0.15) is 11.2 Å². The lowest BCUT2D eigenvalue weighted by molar-refractivity contribution is -0.118. The molecule has 0 aliphatic heterocycles. The fraction of sp³-hybridized carbons (Fsp3) is 0.467. The maximum atomic E-state index is 11.4. The van der Waals surface area contributed by atoms with Crippen LogP contribution < -0.4 is 5.32 Å². The van der Waals surface area contributed by atoms with Gasteiger partial charge >= 0.3 is 0 Å². The SMILES string of the molecule is CNC(=O)CSc1nnc2c3c4c(sc3ncn12)C[C@H](C)CC4. The zero-order valence-electron chi connectivity index (χ0n) is 13.0. The highest BCUT2D eigenvalue weighted by molar-refractivity contribution is 7.99. The number of rotatable bonds is 3. The van der Waals surface area contributed by atoms with E-state index in [9.17, 15) is 4.79 Å². The number of amides is 1. The van der Waals surface area contributed by atoms with Crippen LogP contribution in [0, 0.1) is 5.92 Å². The van der Waals surface area contributed by atoms with Crippen LogP contribution in [0.2, 0.25) is 0 Å². The standard InChI is InChI=1S/C15H17N5OS2/c1-8-3-4-9-10(5-8)23-14-12(9)13-18-19-15(20(13)7-17-14)22-6-11(21)16-2/h7-8H,3-6H2,1-2H3,(H,16,21)/t8-/m1/s1. The van der Waals surface area contributed by atoms with Gasteiger partial charge in [-0.3, -0.25) is 9.20 Å². The van der Waals surface area contributed by atoms with Crippen LogP contribution in [0.15, 0.2) is 11.5 Å². The highest BCUT2D eigenvalue weighted by Gasteiger charge is 2.23. The third kappa shape index (κ3) is 2.49. The fourth-order valence-electron chi connectivity index (χ4n) is 3.02. The van der Waals surface area contributed by atoms with E-state index < -0.39 is 0 Å². The monoisotopic (exact) mass is 347 g/mol. The molecular weight excluding hydrogens is 330 g/mol. The summed E-state index contributed by atoms with van der Waals surface area (Å²) in [4.78, 5) is 18.5. The van der Waals surface area contributed by atoms with Gasteiger partial charge in [-0.2, -0.15) is 0 Å². The molecule has 1 amide bonds. The normalized spacial score (nSPS) is 17.6. The Morgan fingerprint density at radius 2 is 2.39 bits per heavy atom. The lowest BCUT2D eigenvalue weighted by Gasteiger charge is -2.17. The molecule has 1 atom stereocenters. The van der Waals surface area contributed by atoms with E-state index in [1.807, 2.05) is 4.40 Å². The molecule has 3 heterocycles. The van der Waals surface area contributed by atoms with Crippen LogP contribution in [-0.2, 0) is 17.6 Å². The Labute approximate surface area is 141 Å². The van der Waals surface area contributed by atoms with Crippen LogP contribution >= 0.6 is 23.1 Å². The van der Waals surface area contributed by atoms with Gasteiger partial charge < -0.3 is 5.32 Å². The Morgan fingerprint density at radius 3 is 3.22 bits per heavy atom. The van der Waals surface area contributed by atoms with Crippen molar-refractivity contribution in [2.24, 2.45) is 5.92 Å². The van der Waals surface area contributed by atoms with Crippen molar-refractivity contribution >= 4 is 44.9 Å². The molecule has 0 saturated carbocycles. The van der Waals surface area contributed by atoms with E-state index in [2.05, 4.69) is 27.4 Å². The average Bonchev–Trinajstić information content (AvgIpc) is 3.12. The van der Waals surface area contributed by atoms with Crippen LogP contribution in [0.25, 0.3) is 15.9 Å². The molecule has 120 valence electrons. The van der Waals surface area contributed by atoms with Gasteiger partial charge in [-0.25, -0.2) is 4.98 Å². The van der Waals surface area contributed by atoms with Gasteiger partial charge in [-0.15, -0.1) is 21.5 Å². The molecule has 1 aliphatic carbocycles. The van der Waals surface area contributed by atoms with E-state index in [0.717, 1.165) is 34.6 Å². The second-order valence-corrected chi connectivity index (χ2v) is 7.94. The topological polar surface area (TPSA) is 72.2 Å². The third-order valence-corrected chi connectivity index (χ3v) is 6.39. The summed E-state index contributed by atoms with van der Waals surface area (Å²) in [6.07, 6.45) is 5.21. The number of thiophene rings is 1. The van der Waals surface area contributed by atoms with E-state index in [1.165, 1.54) is 28.6 Å². The zero-order chi connectivity index (χ0) is 16.0. The van der Waals surface area contributed by atoms with Gasteiger partial charge in [-0.05, 0) is 30.7 Å². The summed E-state index contributed by atoms with van der Waals surface area (Å²) in [5.74, 6) is 1.04. The summed E-state index contributed by atoms with van der Waals surface area (Å²) in [6, 6.07) is 0. The van der Waals surface area contributed by atoms with Gasteiger partial charge in [0.05, 0.1) is 11.1 Å². The minimum atomic E-state index is -0.0253. The maximum Gasteiger partial charge on any atom is 0.230 e. The van der Waals surface area contributed by atoms with Gasteiger partial charge in [0.2, 0.25) is 5.91 Å². The Balaban J connectivity index is 1.80. The number of hydrogen-bond acceptors (Lipinski definition) is 6. The number of thioether (sulfide) groups is 1. The second-order valence-electron chi connectivity index (χ2n) is 5.91. The van der Waals surface area contributed by atoms with Gasteiger partial charge in [0.25, 0.3) is 0 Å². The molecule has 6 nitrogen and oxygen atoms in total. The fourth-order valence-corrected chi connectivity index (χ4v) is 5.14. The Morgan fingerprint density at radius 1 is 1.52 bits per heavy atom. The summed E-state index contributed by atoms with van der Waals surface area (Å²) >= 11 is 3.17. The van der Waals surface area contributed by atoms with Crippen molar-refractivity contribution in [3.05, 3.63) is 16.8 Å². The average molecular weight is 347 g/mol. The summed E-state index contributed by atoms with van der Waals surface area (Å²) in [7, 11) is 1.63. The van der Waals surface area contributed by atoms with Crippen molar-refractivity contribution in [1.82, 2.24) is 24.9 Å². The first kappa shape index (κ1) is 14.9. The summed E-state index contributed by atoms with van der Waals surface area (Å²) < 4.78 is 1.90. The van der Waals surface area contributed by atoms with Gasteiger partial charge in [0, 0.05) is 11.9 Å². The van der Waals surface area contributed by atoms with E-state index in [0.29, 0.717) is 10.9 Å². The number of nitrogens with zero attached hydrogens (tertiary/aromatic N) is 4. The lowest BCUT2D eigenvalue weighted by Crippen LogP contribution is -2.19. The van der Waals surface area contributed by atoms with Crippen molar-refractivity contribution < 1.29 is 4.79 Å². The lowest BCUT2D eigenvalue weighted by atomic mass is 9.89. The Hall–Kier alpha value is -1.67. The van der Waals surface area contributed by atoms with Crippen molar-refractivity contribution in [3.8, 4) is 0 Å². The highest BCUT2D eigenvalue weighted by Crippen LogP contribution is 2.38. The van der Waals surface area contributed by atoms with Crippen molar-refractivity contribution in [1.29, 1.82) is 0 Å². The van der Waals surface area contributed by atoms with Crippen LogP contribution in [0.4, 0.5) is 0 Å². The molecule has 1 aliphatic rings. The van der Waals surface area contributed by atoms with E-state index in [4.69, 9.17) is 0 Å². The first-order chi connectivity index (χ1) is 11.2. The molecule has 23 heavy (non-hydrogen) atoms.